The molecule has 0 amide bonds. The molecule has 0 aliphatic carbocycles. The van der Waals surface area contributed by atoms with Crippen molar-refractivity contribution in [2.75, 3.05) is 13.2 Å². The van der Waals surface area contributed by atoms with Gasteiger partial charge in [0.25, 0.3) is 0 Å². The van der Waals surface area contributed by atoms with E-state index >= 15 is 0 Å². The molecule has 0 aromatic carbocycles. The summed E-state index contributed by atoms with van der Waals surface area (Å²) >= 11 is 0. The standard InChI is InChI=1S/C8H13NO.3CH4.Y/c1-8(2-5-9)3-6-10-7-4-8;;;;/h2-4,6-7H2,1H3;3*1H4;. The zero-order valence-electron chi connectivity index (χ0n) is 6.97. The SMILES string of the molecule is C.C.C.CC1(CC#N)CCOCC1.[Y]. The summed E-state index contributed by atoms with van der Waals surface area (Å²) < 4.78 is 5.20. The summed E-state index contributed by atoms with van der Waals surface area (Å²) in [6, 6.07) is 2.22. The van der Waals surface area contributed by atoms with E-state index in [9.17, 15) is 0 Å². The molecule has 0 N–H and O–H groups in total. The van der Waals surface area contributed by atoms with Crippen LogP contribution in [-0.2, 0) is 37.4 Å². The summed E-state index contributed by atoms with van der Waals surface area (Å²) in [5.41, 5.74) is 0.243. The molecule has 0 saturated carbocycles. The van der Waals surface area contributed by atoms with Crippen LogP contribution in [-0.4, -0.2) is 13.2 Å². The van der Waals surface area contributed by atoms with Gasteiger partial charge in [-0.2, -0.15) is 5.26 Å². The second-order valence-electron chi connectivity index (χ2n) is 3.26. The van der Waals surface area contributed by atoms with E-state index in [1.54, 1.807) is 0 Å². The summed E-state index contributed by atoms with van der Waals surface area (Å²) in [6.45, 7) is 3.83. The van der Waals surface area contributed by atoms with E-state index in [4.69, 9.17) is 10.00 Å². The van der Waals surface area contributed by atoms with Crippen LogP contribution < -0.4 is 0 Å². The topological polar surface area (TPSA) is 33.0 Å². The number of nitrogens with zero attached hydrogens (tertiary/aromatic N) is 1. The van der Waals surface area contributed by atoms with E-state index in [0.29, 0.717) is 6.42 Å². The Morgan fingerprint density at radius 1 is 1.21 bits per heavy atom. The van der Waals surface area contributed by atoms with Crippen molar-refractivity contribution < 1.29 is 37.4 Å². The first-order chi connectivity index (χ1) is 4.77. The molecule has 1 fully saturated rings. The van der Waals surface area contributed by atoms with Crippen LogP contribution in [0, 0.1) is 16.7 Å². The van der Waals surface area contributed by atoms with E-state index in [2.05, 4.69) is 13.0 Å². The Labute approximate surface area is 115 Å². The first kappa shape index (κ1) is 24.0. The summed E-state index contributed by atoms with van der Waals surface area (Å²) in [6.07, 6.45) is 2.76. The fraction of sp³-hybridized carbons (Fsp3) is 0.909. The first-order valence-corrected chi connectivity index (χ1v) is 3.72. The van der Waals surface area contributed by atoms with Gasteiger partial charge in [-0.05, 0) is 18.3 Å². The van der Waals surface area contributed by atoms with Crippen molar-refractivity contribution in [2.45, 2.75) is 48.5 Å². The molecule has 0 unspecified atom stereocenters. The molecule has 3 heteroatoms. The number of ether oxygens (including phenoxy) is 1. The molecule has 1 aliphatic heterocycles. The molecule has 1 saturated heterocycles. The van der Waals surface area contributed by atoms with Gasteiger partial charge in [0, 0.05) is 52.3 Å². The van der Waals surface area contributed by atoms with Crippen molar-refractivity contribution in [1.82, 2.24) is 0 Å². The minimum absolute atomic E-state index is 0. The van der Waals surface area contributed by atoms with Crippen LogP contribution in [0.15, 0.2) is 0 Å². The first-order valence-electron chi connectivity index (χ1n) is 3.72. The maximum atomic E-state index is 8.49. The zero-order valence-corrected chi connectivity index (χ0v) is 9.81. The third-order valence-corrected chi connectivity index (χ3v) is 2.21. The second-order valence-corrected chi connectivity index (χ2v) is 3.26. The van der Waals surface area contributed by atoms with Gasteiger partial charge in [0.15, 0.2) is 0 Å². The molecular formula is C11H25NOY. The van der Waals surface area contributed by atoms with Crippen molar-refractivity contribution in [3.63, 3.8) is 0 Å². The van der Waals surface area contributed by atoms with Crippen LogP contribution in [0.4, 0.5) is 0 Å². The van der Waals surface area contributed by atoms with Crippen molar-refractivity contribution in [3.8, 4) is 6.07 Å². The van der Waals surface area contributed by atoms with Crippen molar-refractivity contribution in [1.29, 1.82) is 5.26 Å². The summed E-state index contributed by atoms with van der Waals surface area (Å²) in [5, 5.41) is 8.49. The fourth-order valence-electron chi connectivity index (χ4n) is 1.23. The van der Waals surface area contributed by atoms with Crippen molar-refractivity contribution >= 4 is 0 Å². The molecule has 1 rings (SSSR count). The summed E-state index contributed by atoms with van der Waals surface area (Å²) in [4.78, 5) is 0. The molecule has 0 spiro atoms. The van der Waals surface area contributed by atoms with Crippen LogP contribution in [0.25, 0.3) is 0 Å². The molecule has 0 aromatic heterocycles. The van der Waals surface area contributed by atoms with Gasteiger partial charge in [-0.15, -0.1) is 0 Å². The second kappa shape index (κ2) is 11.6. The average molecular weight is 276 g/mol. The predicted octanol–water partition coefficient (Wildman–Crippen LogP) is 3.62. The maximum absolute atomic E-state index is 8.49. The fourth-order valence-corrected chi connectivity index (χ4v) is 1.23. The minimum atomic E-state index is 0. The Kier molecular flexibility index (Phi) is 19.9. The van der Waals surface area contributed by atoms with Crippen molar-refractivity contribution in [2.24, 2.45) is 5.41 Å². The van der Waals surface area contributed by atoms with Gasteiger partial charge in [-0.3, -0.25) is 0 Å². The Morgan fingerprint density at radius 3 is 2.00 bits per heavy atom. The van der Waals surface area contributed by atoms with E-state index in [1.807, 2.05) is 0 Å². The van der Waals surface area contributed by atoms with Crippen LogP contribution >= 0.6 is 0 Å². The van der Waals surface area contributed by atoms with E-state index < -0.39 is 0 Å². The molecule has 1 aliphatic rings. The monoisotopic (exact) mass is 276 g/mol. The molecule has 14 heavy (non-hydrogen) atoms. The van der Waals surface area contributed by atoms with Gasteiger partial charge in [-0.25, -0.2) is 0 Å². The van der Waals surface area contributed by atoms with Crippen LogP contribution in [0.2, 0.25) is 0 Å². The molecule has 0 aromatic rings. The number of hydrogen-bond acceptors (Lipinski definition) is 2. The minimum Gasteiger partial charge on any atom is -0.381 e. The van der Waals surface area contributed by atoms with Crippen molar-refractivity contribution in [3.05, 3.63) is 0 Å². The zero-order chi connectivity index (χ0) is 7.45. The third-order valence-electron chi connectivity index (χ3n) is 2.21. The van der Waals surface area contributed by atoms with E-state index in [0.717, 1.165) is 26.1 Å². The van der Waals surface area contributed by atoms with E-state index in [-0.39, 0.29) is 60.4 Å². The van der Waals surface area contributed by atoms with Crippen LogP contribution in [0.5, 0.6) is 0 Å². The summed E-state index contributed by atoms with van der Waals surface area (Å²) in [7, 11) is 0. The van der Waals surface area contributed by atoms with Gasteiger partial charge in [0.05, 0.1) is 6.07 Å². The van der Waals surface area contributed by atoms with Crippen LogP contribution in [0.1, 0.15) is 48.5 Å². The summed E-state index contributed by atoms with van der Waals surface area (Å²) in [5.74, 6) is 0. The Hall–Kier alpha value is 0.554. The average Bonchev–Trinajstić information content (AvgIpc) is 1.89. The van der Waals surface area contributed by atoms with Gasteiger partial charge < -0.3 is 4.74 Å². The van der Waals surface area contributed by atoms with E-state index in [1.165, 1.54) is 0 Å². The molecule has 0 bridgehead atoms. The van der Waals surface area contributed by atoms with Gasteiger partial charge in [0.1, 0.15) is 0 Å². The number of rotatable bonds is 1. The van der Waals surface area contributed by atoms with Gasteiger partial charge in [-0.1, -0.05) is 29.2 Å². The van der Waals surface area contributed by atoms with Gasteiger partial charge in [0.2, 0.25) is 0 Å². The molecular weight excluding hydrogens is 251 g/mol. The number of nitriles is 1. The molecule has 0 atom stereocenters. The maximum Gasteiger partial charge on any atom is 0.0627 e. The molecule has 2 nitrogen and oxygen atoms in total. The molecule has 1 radical (unpaired) electrons. The Morgan fingerprint density at radius 2 is 1.64 bits per heavy atom. The smallest absolute Gasteiger partial charge is 0.0627 e. The predicted molar refractivity (Wildman–Crippen MR) is 58.6 cm³/mol. The quantitative estimate of drug-likeness (QED) is 0.732. The van der Waals surface area contributed by atoms with Crippen LogP contribution in [0.3, 0.4) is 0 Å². The number of hydrogen-bond donors (Lipinski definition) is 0. The molecule has 83 valence electrons. The molecule has 1 heterocycles. The largest absolute Gasteiger partial charge is 0.381 e. The Bertz CT molecular complexity index is 148. The van der Waals surface area contributed by atoms with Gasteiger partial charge >= 0.3 is 0 Å². The third kappa shape index (κ3) is 7.91. The Balaban J connectivity index is -0.000000125. The normalized spacial score (nSPS) is 16.9.